The molecule has 0 aromatic rings. The van der Waals surface area contributed by atoms with E-state index >= 15 is 0 Å². The summed E-state index contributed by atoms with van der Waals surface area (Å²) in [6, 6.07) is 0.382. The van der Waals surface area contributed by atoms with Crippen molar-refractivity contribution in [2.75, 3.05) is 0 Å². The number of rotatable bonds is 4. The highest BCUT2D eigenvalue weighted by Crippen LogP contribution is 1.97. The Kier molecular flexibility index (Phi) is 4.67. The summed E-state index contributed by atoms with van der Waals surface area (Å²) in [5.74, 6) is 0. The van der Waals surface area contributed by atoms with Gasteiger partial charge in [0.1, 0.15) is 0 Å². The molecule has 0 aliphatic heterocycles. The molecule has 1 heteroatoms. The van der Waals surface area contributed by atoms with Crippen LogP contribution in [0.1, 0.15) is 26.2 Å². The van der Waals surface area contributed by atoms with Crippen LogP contribution in [0, 0.1) is 0 Å². The summed E-state index contributed by atoms with van der Waals surface area (Å²) in [4.78, 5) is 0. The lowest BCUT2D eigenvalue weighted by molar-refractivity contribution is 0.603. The molecular weight excluding hydrogens is 98.1 g/mol. The van der Waals surface area contributed by atoms with Gasteiger partial charge in [-0.15, -0.1) is 6.58 Å². The minimum atomic E-state index is 0.382. The van der Waals surface area contributed by atoms with E-state index in [1.165, 1.54) is 0 Å². The number of allylic oxidation sites excluding steroid dienone is 1. The van der Waals surface area contributed by atoms with Gasteiger partial charge in [0.05, 0.1) is 0 Å². The van der Waals surface area contributed by atoms with Gasteiger partial charge in [0, 0.05) is 6.04 Å². The van der Waals surface area contributed by atoms with E-state index in [0.29, 0.717) is 6.04 Å². The highest BCUT2D eigenvalue weighted by atomic mass is 14.6. The molecule has 0 aromatic carbocycles. The molecule has 0 saturated carbocycles. The molecule has 0 fully saturated rings. The fourth-order valence-corrected chi connectivity index (χ4v) is 0.536. The summed E-state index contributed by atoms with van der Waals surface area (Å²) < 4.78 is 0. The fraction of sp³-hybridized carbons (Fsp3) is 0.714. The average Bonchev–Trinajstić information content (AvgIpc) is 1.83. The SMILES string of the molecule is C=CCCC(N)CC. The van der Waals surface area contributed by atoms with Gasteiger partial charge in [0.25, 0.3) is 0 Å². The second-order valence-electron chi connectivity index (χ2n) is 2.03. The van der Waals surface area contributed by atoms with Crippen LogP contribution in [0.5, 0.6) is 0 Å². The molecule has 0 bridgehead atoms. The molecule has 2 N–H and O–H groups in total. The van der Waals surface area contributed by atoms with E-state index < -0.39 is 0 Å². The third-order valence-electron chi connectivity index (χ3n) is 1.27. The molecule has 1 unspecified atom stereocenters. The van der Waals surface area contributed by atoms with Crippen molar-refractivity contribution in [2.45, 2.75) is 32.2 Å². The van der Waals surface area contributed by atoms with Crippen molar-refractivity contribution < 1.29 is 0 Å². The molecule has 0 saturated heterocycles. The van der Waals surface area contributed by atoms with E-state index in [9.17, 15) is 0 Å². The zero-order chi connectivity index (χ0) is 6.41. The summed E-state index contributed by atoms with van der Waals surface area (Å²) in [7, 11) is 0. The van der Waals surface area contributed by atoms with Gasteiger partial charge in [-0.25, -0.2) is 0 Å². The lowest BCUT2D eigenvalue weighted by Gasteiger charge is -2.03. The first-order valence-electron chi connectivity index (χ1n) is 3.17. The molecule has 0 aliphatic carbocycles. The van der Waals surface area contributed by atoms with Gasteiger partial charge >= 0.3 is 0 Å². The first-order chi connectivity index (χ1) is 3.81. The van der Waals surface area contributed by atoms with Crippen LogP contribution in [0.3, 0.4) is 0 Å². The minimum absolute atomic E-state index is 0.382. The molecule has 0 radical (unpaired) electrons. The molecule has 0 rings (SSSR count). The Morgan fingerprint density at radius 2 is 2.38 bits per heavy atom. The molecule has 0 aliphatic rings. The van der Waals surface area contributed by atoms with Crippen LogP contribution in [0.25, 0.3) is 0 Å². The van der Waals surface area contributed by atoms with Crippen LogP contribution >= 0.6 is 0 Å². The van der Waals surface area contributed by atoms with Gasteiger partial charge in [-0.1, -0.05) is 13.0 Å². The second kappa shape index (κ2) is 4.85. The Labute approximate surface area is 51.6 Å². The average molecular weight is 113 g/mol. The number of hydrogen-bond acceptors (Lipinski definition) is 1. The maximum absolute atomic E-state index is 5.61. The predicted octanol–water partition coefficient (Wildman–Crippen LogP) is 1.69. The lowest BCUT2D eigenvalue weighted by Crippen LogP contribution is -2.17. The zero-order valence-electron chi connectivity index (χ0n) is 5.56. The number of hydrogen-bond donors (Lipinski definition) is 1. The second-order valence-corrected chi connectivity index (χ2v) is 2.03. The van der Waals surface area contributed by atoms with Crippen molar-refractivity contribution in [3.05, 3.63) is 12.7 Å². The van der Waals surface area contributed by atoms with Gasteiger partial charge in [-0.2, -0.15) is 0 Å². The maximum Gasteiger partial charge on any atom is 0.00391 e. The molecule has 1 atom stereocenters. The summed E-state index contributed by atoms with van der Waals surface area (Å²) in [5, 5.41) is 0. The van der Waals surface area contributed by atoms with Crippen LogP contribution in [0.4, 0.5) is 0 Å². The fourth-order valence-electron chi connectivity index (χ4n) is 0.536. The van der Waals surface area contributed by atoms with E-state index in [2.05, 4.69) is 13.5 Å². The predicted molar refractivity (Wildman–Crippen MR) is 37.7 cm³/mol. The Morgan fingerprint density at radius 1 is 1.75 bits per heavy atom. The summed E-state index contributed by atoms with van der Waals surface area (Å²) in [6.07, 6.45) is 5.12. The summed E-state index contributed by atoms with van der Waals surface area (Å²) in [6.45, 7) is 5.72. The van der Waals surface area contributed by atoms with E-state index in [-0.39, 0.29) is 0 Å². The molecule has 0 heterocycles. The van der Waals surface area contributed by atoms with Crippen LogP contribution in [0.2, 0.25) is 0 Å². The third kappa shape index (κ3) is 3.88. The topological polar surface area (TPSA) is 26.0 Å². The molecule has 48 valence electrons. The molecular formula is C7H15N. The van der Waals surface area contributed by atoms with Gasteiger partial charge < -0.3 is 5.73 Å². The van der Waals surface area contributed by atoms with Crippen molar-refractivity contribution in [1.29, 1.82) is 0 Å². The molecule has 0 amide bonds. The first-order valence-corrected chi connectivity index (χ1v) is 3.17. The van der Waals surface area contributed by atoms with Crippen molar-refractivity contribution >= 4 is 0 Å². The Bertz CT molecular complexity index is 59.4. The summed E-state index contributed by atoms with van der Waals surface area (Å²) in [5.41, 5.74) is 5.61. The third-order valence-corrected chi connectivity index (χ3v) is 1.27. The van der Waals surface area contributed by atoms with Gasteiger partial charge in [-0.3, -0.25) is 0 Å². The quantitative estimate of drug-likeness (QED) is 0.552. The number of nitrogens with two attached hydrogens (primary N) is 1. The van der Waals surface area contributed by atoms with E-state index in [1.807, 2.05) is 6.08 Å². The maximum atomic E-state index is 5.61. The minimum Gasteiger partial charge on any atom is -0.328 e. The highest BCUT2D eigenvalue weighted by molar-refractivity contribution is 4.70. The highest BCUT2D eigenvalue weighted by Gasteiger charge is 1.93. The Hall–Kier alpha value is -0.300. The Balaban J connectivity index is 2.97. The molecule has 8 heavy (non-hydrogen) atoms. The largest absolute Gasteiger partial charge is 0.328 e. The van der Waals surface area contributed by atoms with Crippen LogP contribution in [0.15, 0.2) is 12.7 Å². The van der Waals surface area contributed by atoms with Crippen LogP contribution in [-0.2, 0) is 0 Å². The first kappa shape index (κ1) is 7.70. The normalized spacial score (nSPS) is 13.2. The van der Waals surface area contributed by atoms with Crippen molar-refractivity contribution in [1.82, 2.24) is 0 Å². The van der Waals surface area contributed by atoms with Gasteiger partial charge in [0.15, 0.2) is 0 Å². The van der Waals surface area contributed by atoms with Gasteiger partial charge in [-0.05, 0) is 19.3 Å². The zero-order valence-corrected chi connectivity index (χ0v) is 5.56. The van der Waals surface area contributed by atoms with Crippen molar-refractivity contribution in [2.24, 2.45) is 5.73 Å². The van der Waals surface area contributed by atoms with Crippen LogP contribution < -0.4 is 5.73 Å². The molecule has 0 spiro atoms. The van der Waals surface area contributed by atoms with E-state index in [4.69, 9.17) is 5.73 Å². The molecule has 1 nitrogen and oxygen atoms in total. The van der Waals surface area contributed by atoms with E-state index in [1.54, 1.807) is 0 Å². The summed E-state index contributed by atoms with van der Waals surface area (Å²) >= 11 is 0. The van der Waals surface area contributed by atoms with Crippen molar-refractivity contribution in [3.8, 4) is 0 Å². The molecule has 0 aromatic heterocycles. The monoisotopic (exact) mass is 113 g/mol. The van der Waals surface area contributed by atoms with E-state index in [0.717, 1.165) is 19.3 Å². The standard InChI is InChI=1S/C7H15N/c1-3-5-6-7(8)4-2/h3,7H,1,4-6,8H2,2H3. The van der Waals surface area contributed by atoms with Crippen molar-refractivity contribution in [3.63, 3.8) is 0 Å². The smallest absolute Gasteiger partial charge is 0.00391 e. The Morgan fingerprint density at radius 3 is 2.75 bits per heavy atom. The van der Waals surface area contributed by atoms with Crippen LogP contribution in [-0.4, -0.2) is 6.04 Å². The van der Waals surface area contributed by atoms with Gasteiger partial charge in [0.2, 0.25) is 0 Å². The lowest BCUT2D eigenvalue weighted by atomic mass is 10.1.